The van der Waals surface area contributed by atoms with Gasteiger partial charge in [-0.1, -0.05) is 18.2 Å². The van der Waals surface area contributed by atoms with Crippen LogP contribution in [0.15, 0.2) is 47.9 Å². The Morgan fingerprint density at radius 1 is 1.19 bits per heavy atom. The van der Waals surface area contributed by atoms with E-state index in [1.165, 1.54) is 0 Å². The number of hydrogen-bond donors (Lipinski definition) is 1. The molecule has 21 heavy (non-hydrogen) atoms. The molecule has 0 amide bonds. The van der Waals surface area contributed by atoms with Gasteiger partial charge in [-0.05, 0) is 35.2 Å². The maximum Gasteiger partial charge on any atom is 0.328 e. The normalized spacial score (nSPS) is 10.9. The highest BCUT2D eigenvalue weighted by Crippen LogP contribution is 2.19. The molecule has 0 saturated carbocycles. The minimum atomic E-state index is -0.954. The van der Waals surface area contributed by atoms with Crippen molar-refractivity contribution in [1.82, 2.24) is 0 Å². The van der Waals surface area contributed by atoms with Gasteiger partial charge in [-0.2, -0.15) is 0 Å². The molecule has 0 aliphatic heterocycles. The molecule has 1 heterocycles. The summed E-state index contributed by atoms with van der Waals surface area (Å²) in [4.78, 5) is 11.5. The fourth-order valence-electron chi connectivity index (χ4n) is 1.68. The fourth-order valence-corrected chi connectivity index (χ4v) is 2.48. The van der Waals surface area contributed by atoms with Crippen molar-refractivity contribution in [3.05, 3.63) is 58.3 Å². The van der Waals surface area contributed by atoms with Gasteiger partial charge < -0.3 is 14.6 Å². The van der Waals surface area contributed by atoms with E-state index in [1.54, 1.807) is 17.4 Å². The predicted octanol–water partition coefficient (Wildman–Crippen LogP) is 3.44. The van der Waals surface area contributed by atoms with Gasteiger partial charge in [0, 0.05) is 11.0 Å². The summed E-state index contributed by atoms with van der Waals surface area (Å²) in [6.45, 7) is 1.42. The van der Waals surface area contributed by atoms with Gasteiger partial charge in [-0.3, -0.25) is 0 Å². The van der Waals surface area contributed by atoms with E-state index >= 15 is 0 Å². The number of carbonyl (C=O) groups is 1. The molecule has 1 aromatic carbocycles. The molecule has 0 saturated heterocycles. The molecule has 1 aromatic heterocycles. The minimum Gasteiger partial charge on any atom is -0.491 e. The third kappa shape index (κ3) is 5.41. The van der Waals surface area contributed by atoms with E-state index < -0.39 is 5.97 Å². The summed E-state index contributed by atoms with van der Waals surface area (Å²) in [6.07, 6.45) is 2.71. The van der Waals surface area contributed by atoms with Gasteiger partial charge in [-0.25, -0.2) is 4.79 Å². The summed E-state index contributed by atoms with van der Waals surface area (Å²) >= 11 is 1.55. The summed E-state index contributed by atoms with van der Waals surface area (Å²) in [5.41, 5.74) is 0.881. The first-order valence-corrected chi connectivity index (χ1v) is 7.36. The zero-order valence-electron chi connectivity index (χ0n) is 11.4. The maximum absolute atomic E-state index is 10.5. The highest BCUT2D eigenvalue weighted by molar-refractivity contribution is 7.10. The van der Waals surface area contributed by atoms with Gasteiger partial charge in [0.2, 0.25) is 0 Å². The molecule has 0 bridgehead atoms. The van der Waals surface area contributed by atoms with Crippen LogP contribution in [0.2, 0.25) is 0 Å². The second kappa shape index (κ2) is 8.24. The van der Waals surface area contributed by atoms with Crippen LogP contribution in [-0.4, -0.2) is 24.3 Å². The number of thiophene rings is 1. The second-order valence-corrected chi connectivity index (χ2v) is 5.19. The molecule has 5 heteroatoms. The largest absolute Gasteiger partial charge is 0.491 e. The minimum absolute atomic E-state index is 0.453. The summed E-state index contributed by atoms with van der Waals surface area (Å²) in [5, 5.41) is 10.5. The Morgan fingerprint density at radius 2 is 2.00 bits per heavy atom. The van der Waals surface area contributed by atoms with E-state index in [0.29, 0.717) is 19.8 Å². The van der Waals surface area contributed by atoms with Gasteiger partial charge in [0.1, 0.15) is 12.4 Å². The van der Waals surface area contributed by atoms with Crippen LogP contribution < -0.4 is 4.74 Å². The summed E-state index contributed by atoms with van der Waals surface area (Å²) in [5.74, 6) is -0.133. The Bertz CT molecular complexity index is 589. The van der Waals surface area contributed by atoms with Crippen LogP contribution in [0, 0.1) is 0 Å². The Morgan fingerprint density at radius 3 is 2.76 bits per heavy atom. The number of para-hydroxylation sites is 1. The van der Waals surface area contributed by atoms with Crippen LogP contribution in [0.5, 0.6) is 5.75 Å². The number of aliphatic carboxylic acids is 1. The van der Waals surface area contributed by atoms with Gasteiger partial charge in [0.25, 0.3) is 0 Å². The molecule has 2 rings (SSSR count). The highest BCUT2D eigenvalue weighted by Gasteiger charge is 2.02. The maximum atomic E-state index is 10.5. The molecule has 0 spiro atoms. The van der Waals surface area contributed by atoms with Gasteiger partial charge in [0.05, 0.1) is 13.2 Å². The van der Waals surface area contributed by atoms with Crippen molar-refractivity contribution in [1.29, 1.82) is 0 Å². The number of carboxylic acids is 1. The van der Waals surface area contributed by atoms with Crippen LogP contribution in [-0.2, 0) is 16.1 Å². The average Bonchev–Trinajstić information content (AvgIpc) is 2.93. The zero-order valence-corrected chi connectivity index (χ0v) is 12.2. The smallest absolute Gasteiger partial charge is 0.328 e. The summed E-state index contributed by atoms with van der Waals surface area (Å²) in [7, 11) is 0. The van der Waals surface area contributed by atoms with Crippen molar-refractivity contribution >= 4 is 23.4 Å². The van der Waals surface area contributed by atoms with Crippen molar-refractivity contribution in [2.75, 3.05) is 13.2 Å². The Kier molecular flexibility index (Phi) is 5.99. The van der Waals surface area contributed by atoms with Gasteiger partial charge in [-0.15, -0.1) is 11.3 Å². The third-order valence-corrected chi connectivity index (χ3v) is 3.57. The van der Waals surface area contributed by atoms with E-state index in [2.05, 4.69) is 0 Å². The number of benzene rings is 1. The van der Waals surface area contributed by atoms with Crippen LogP contribution in [0.1, 0.15) is 10.4 Å². The van der Waals surface area contributed by atoms with Crippen molar-refractivity contribution < 1.29 is 19.4 Å². The number of hydrogen-bond acceptors (Lipinski definition) is 4. The monoisotopic (exact) mass is 304 g/mol. The quantitative estimate of drug-likeness (QED) is 0.599. The molecule has 1 N–H and O–H groups in total. The lowest BCUT2D eigenvalue weighted by molar-refractivity contribution is -0.131. The van der Waals surface area contributed by atoms with Crippen molar-refractivity contribution in [3.8, 4) is 5.75 Å². The average molecular weight is 304 g/mol. The van der Waals surface area contributed by atoms with Crippen LogP contribution in [0.4, 0.5) is 0 Å². The lowest BCUT2D eigenvalue weighted by Crippen LogP contribution is -2.06. The first kappa shape index (κ1) is 15.3. The van der Waals surface area contributed by atoms with Crippen molar-refractivity contribution in [3.63, 3.8) is 0 Å². The number of ether oxygens (including phenoxy) is 2. The first-order valence-electron chi connectivity index (χ1n) is 6.48. The topological polar surface area (TPSA) is 55.8 Å². The van der Waals surface area contributed by atoms with Crippen molar-refractivity contribution in [2.45, 2.75) is 6.61 Å². The summed E-state index contributed by atoms with van der Waals surface area (Å²) in [6, 6.07) is 11.4. The van der Waals surface area contributed by atoms with Crippen LogP contribution >= 0.6 is 11.3 Å². The molecule has 0 radical (unpaired) electrons. The molecule has 0 atom stereocenters. The lowest BCUT2D eigenvalue weighted by Gasteiger charge is -2.06. The molecular formula is C16H16O4S. The molecule has 0 aliphatic carbocycles. The lowest BCUT2D eigenvalue weighted by atomic mass is 10.2. The highest BCUT2D eigenvalue weighted by atomic mass is 32.1. The third-order valence-electron chi connectivity index (χ3n) is 2.66. The fraction of sp³-hybridized carbons (Fsp3) is 0.188. The van der Waals surface area contributed by atoms with Crippen LogP contribution in [0.3, 0.4) is 0 Å². The predicted molar refractivity (Wildman–Crippen MR) is 82.6 cm³/mol. The van der Waals surface area contributed by atoms with E-state index in [1.807, 2.05) is 41.8 Å². The molecule has 2 aromatic rings. The summed E-state index contributed by atoms with van der Waals surface area (Å²) < 4.78 is 11.1. The Hall–Kier alpha value is -2.11. The molecular weight excluding hydrogens is 288 g/mol. The molecule has 4 nitrogen and oxygen atoms in total. The standard InChI is InChI=1S/C16H16O4S/c17-16(18)7-6-13-8-11-21-15(13)12-19-9-10-20-14-4-2-1-3-5-14/h1-8,11H,9-10,12H2,(H,17,18). The Balaban J connectivity index is 1.72. The molecule has 0 fully saturated rings. The number of carboxylic acid groups (broad SMARTS) is 1. The molecule has 0 aliphatic rings. The van der Waals surface area contributed by atoms with E-state index in [4.69, 9.17) is 14.6 Å². The van der Waals surface area contributed by atoms with Crippen LogP contribution in [0.25, 0.3) is 6.08 Å². The Labute approximate surface area is 127 Å². The zero-order chi connectivity index (χ0) is 14.9. The van der Waals surface area contributed by atoms with Crippen molar-refractivity contribution in [2.24, 2.45) is 0 Å². The molecule has 0 unspecified atom stereocenters. The van der Waals surface area contributed by atoms with E-state index in [9.17, 15) is 4.79 Å². The number of rotatable bonds is 8. The van der Waals surface area contributed by atoms with Gasteiger partial charge >= 0.3 is 5.97 Å². The van der Waals surface area contributed by atoms with Gasteiger partial charge in [0.15, 0.2) is 0 Å². The molecule has 110 valence electrons. The van der Waals surface area contributed by atoms with E-state index in [-0.39, 0.29) is 0 Å². The second-order valence-electron chi connectivity index (χ2n) is 4.18. The SMILES string of the molecule is O=C(O)C=Cc1ccsc1COCCOc1ccccc1. The van der Waals surface area contributed by atoms with E-state index in [0.717, 1.165) is 22.3 Å². The first-order chi connectivity index (χ1) is 10.3.